The van der Waals surface area contributed by atoms with Gasteiger partial charge in [0, 0.05) is 6.42 Å². The molecule has 0 heterocycles. The lowest BCUT2D eigenvalue weighted by Gasteiger charge is -2.24. The number of carbonyl (C=O) groups excluding carboxylic acids is 1. The first kappa shape index (κ1) is 18.6. The molecule has 0 aliphatic heterocycles. The lowest BCUT2D eigenvalue weighted by molar-refractivity contribution is -0.126. The molecule has 2 aromatic rings. The number of nitrogens with two attached hydrogens (primary N) is 1. The monoisotopic (exact) mass is 358 g/mol. The zero-order chi connectivity index (χ0) is 19.3. The van der Waals surface area contributed by atoms with E-state index in [1.165, 1.54) is 0 Å². The van der Waals surface area contributed by atoms with Crippen molar-refractivity contribution >= 4 is 5.91 Å². The van der Waals surface area contributed by atoms with Crippen molar-refractivity contribution in [3.63, 3.8) is 0 Å². The molecule has 0 radical (unpaired) electrons. The maximum Gasteiger partial charge on any atom is 0.241 e. The second-order valence-electron chi connectivity index (χ2n) is 7.11. The molecule has 5 nitrogen and oxygen atoms in total. The molecular weight excluding hydrogens is 336 g/mol. The SMILES string of the molecule is N#Cc1ccc(-c2ccc(C[C@@H](C#N)NC(=O)C3(N)CCCC3)cc2)cc1. The highest BCUT2D eigenvalue weighted by Crippen LogP contribution is 2.27. The Hall–Kier alpha value is -3.15. The van der Waals surface area contributed by atoms with Gasteiger partial charge in [0.15, 0.2) is 0 Å². The molecule has 1 atom stereocenters. The van der Waals surface area contributed by atoms with Crippen molar-refractivity contribution in [2.75, 3.05) is 0 Å². The Morgan fingerprint density at radius 2 is 1.59 bits per heavy atom. The van der Waals surface area contributed by atoms with Crippen LogP contribution in [0.15, 0.2) is 48.5 Å². The van der Waals surface area contributed by atoms with Gasteiger partial charge in [-0.05, 0) is 41.7 Å². The fraction of sp³-hybridized carbons (Fsp3) is 0.318. The number of rotatable bonds is 5. The van der Waals surface area contributed by atoms with Gasteiger partial charge in [-0.25, -0.2) is 0 Å². The van der Waals surface area contributed by atoms with Crippen molar-refractivity contribution in [2.24, 2.45) is 5.73 Å². The van der Waals surface area contributed by atoms with E-state index in [4.69, 9.17) is 11.0 Å². The number of benzene rings is 2. The molecule has 0 spiro atoms. The van der Waals surface area contributed by atoms with Gasteiger partial charge in [0.1, 0.15) is 6.04 Å². The molecule has 0 aromatic heterocycles. The Kier molecular flexibility index (Phi) is 5.54. The summed E-state index contributed by atoms with van der Waals surface area (Å²) in [4.78, 5) is 12.4. The summed E-state index contributed by atoms with van der Waals surface area (Å²) in [5.41, 5.74) is 8.99. The highest BCUT2D eigenvalue weighted by molar-refractivity contribution is 5.86. The van der Waals surface area contributed by atoms with Crippen molar-refractivity contribution in [3.8, 4) is 23.3 Å². The van der Waals surface area contributed by atoms with Gasteiger partial charge in [-0.15, -0.1) is 0 Å². The second kappa shape index (κ2) is 8.03. The molecular formula is C22H22N4O. The first-order valence-corrected chi connectivity index (χ1v) is 9.13. The van der Waals surface area contributed by atoms with E-state index in [9.17, 15) is 10.1 Å². The van der Waals surface area contributed by atoms with Crippen LogP contribution in [0.25, 0.3) is 11.1 Å². The molecule has 3 N–H and O–H groups in total. The maximum absolute atomic E-state index is 12.4. The third kappa shape index (κ3) is 4.34. The lowest BCUT2D eigenvalue weighted by atomic mass is 9.96. The summed E-state index contributed by atoms with van der Waals surface area (Å²) in [5, 5.41) is 21.1. The van der Waals surface area contributed by atoms with Crippen LogP contribution in [0.5, 0.6) is 0 Å². The molecule has 0 unspecified atom stereocenters. The number of nitrogens with one attached hydrogen (secondary N) is 1. The minimum Gasteiger partial charge on any atom is -0.338 e. The Labute approximate surface area is 159 Å². The highest BCUT2D eigenvalue weighted by atomic mass is 16.2. The van der Waals surface area contributed by atoms with Gasteiger partial charge < -0.3 is 11.1 Å². The fourth-order valence-corrected chi connectivity index (χ4v) is 3.47. The largest absolute Gasteiger partial charge is 0.338 e. The highest BCUT2D eigenvalue weighted by Gasteiger charge is 2.37. The molecule has 136 valence electrons. The summed E-state index contributed by atoms with van der Waals surface area (Å²) in [7, 11) is 0. The van der Waals surface area contributed by atoms with E-state index >= 15 is 0 Å². The topological polar surface area (TPSA) is 103 Å². The Morgan fingerprint density at radius 1 is 1.04 bits per heavy atom. The van der Waals surface area contributed by atoms with Gasteiger partial charge in [-0.3, -0.25) is 4.79 Å². The number of hydrogen-bond donors (Lipinski definition) is 2. The first-order chi connectivity index (χ1) is 13.0. The molecule has 0 saturated heterocycles. The van der Waals surface area contributed by atoms with Crippen LogP contribution in [0.4, 0.5) is 0 Å². The van der Waals surface area contributed by atoms with E-state index in [0.29, 0.717) is 24.8 Å². The first-order valence-electron chi connectivity index (χ1n) is 9.13. The van der Waals surface area contributed by atoms with Crippen molar-refractivity contribution in [3.05, 3.63) is 59.7 Å². The third-order valence-corrected chi connectivity index (χ3v) is 5.15. The summed E-state index contributed by atoms with van der Waals surface area (Å²) < 4.78 is 0. The normalized spacial score (nSPS) is 16.1. The lowest BCUT2D eigenvalue weighted by Crippen LogP contribution is -2.54. The average molecular weight is 358 g/mol. The van der Waals surface area contributed by atoms with Gasteiger partial charge in [-0.2, -0.15) is 10.5 Å². The van der Waals surface area contributed by atoms with Crippen LogP contribution in [0.3, 0.4) is 0 Å². The predicted molar refractivity (Wildman–Crippen MR) is 103 cm³/mol. The zero-order valence-electron chi connectivity index (χ0n) is 15.1. The summed E-state index contributed by atoms with van der Waals surface area (Å²) in [6, 6.07) is 18.9. The van der Waals surface area contributed by atoms with E-state index in [-0.39, 0.29) is 5.91 Å². The van der Waals surface area contributed by atoms with Crippen LogP contribution >= 0.6 is 0 Å². The van der Waals surface area contributed by atoms with Crippen molar-refractivity contribution in [1.82, 2.24) is 5.32 Å². The van der Waals surface area contributed by atoms with Crippen LogP contribution in [-0.4, -0.2) is 17.5 Å². The summed E-state index contributed by atoms with van der Waals surface area (Å²) in [6.45, 7) is 0. The van der Waals surface area contributed by atoms with E-state index in [1.807, 2.05) is 36.4 Å². The molecule has 1 saturated carbocycles. The molecule has 1 aliphatic rings. The Balaban J connectivity index is 1.64. The molecule has 1 fully saturated rings. The standard InChI is InChI=1S/C22H22N4O/c23-14-17-5-9-19(10-6-17)18-7-3-16(4-8-18)13-20(15-24)26-21(27)22(25)11-1-2-12-22/h3-10,20H,1-2,11-13,25H2,(H,26,27)/t20-/m0/s1. The minimum atomic E-state index is -0.825. The third-order valence-electron chi connectivity index (χ3n) is 5.15. The van der Waals surface area contributed by atoms with Gasteiger partial charge in [0.2, 0.25) is 5.91 Å². The van der Waals surface area contributed by atoms with E-state index in [0.717, 1.165) is 29.5 Å². The van der Waals surface area contributed by atoms with E-state index in [2.05, 4.69) is 17.5 Å². The van der Waals surface area contributed by atoms with Crippen molar-refractivity contribution < 1.29 is 4.79 Å². The zero-order valence-corrected chi connectivity index (χ0v) is 15.1. The van der Waals surface area contributed by atoms with Crippen molar-refractivity contribution in [2.45, 2.75) is 43.7 Å². The number of hydrogen-bond acceptors (Lipinski definition) is 4. The number of nitrogens with zero attached hydrogens (tertiary/aromatic N) is 2. The average Bonchev–Trinajstić information content (AvgIpc) is 3.16. The minimum absolute atomic E-state index is 0.222. The van der Waals surface area contributed by atoms with Crippen LogP contribution < -0.4 is 11.1 Å². The van der Waals surface area contributed by atoms with Crippen LogP contribution in [0, 0.1) is 22.7 Å². The molecule has 27 heavy (non-hydrogen) atoms. The van der Waals surface area contributed by atoms with E-state index in [1.54, 1.807) is 12.1 Å². The summed E-state index contributed by atoms with van der Waals surface area (Å²) in [6.07, 6.45) is 3.70. The maximum atomic E-state index is 12.4. The number of carbonyl (C=O) groups is 1. The fourth-order valence-electron chi connectivity index (χ4n) is 3.47. The van der Waals surface area contributed by atoms with Crippen LogP contribution in [0.1, 0.15) is 36.8 Å². The van der Waals surface area contributed by atoms with Gasteiger partial charge in [0.05, 0.1) is 23.2 Å². The molecule has 1 amide bonds. The smallest absolute Gasteiger partial charge is 0.241 e. The molecule has 5 heteroatoms. The Bertz CT molecular complexity index is 882. The van der Waals surface area contributed by atoms with Gasteiger partial charge >= 0.3 is 0 Å². The van der Waals surface area contributed by atoms with Crippen LogP contribution in [-0.2, 0) is 11.2 Å². The molecule has 0 bridgehead atoms. The van der Waals surface area contributed by atoms with Crippen molar-refractivity contribution in [1.29, 1.82) is 10.5 Å². The summed E-state index contributed by atoms with van der Waals surface area (Å²) >= 11 is 0. The van der Waals surface area contributed by atoms with E-state index < -0.39 is 11.6 Å². The van der Waals surface area contributed by atoms with Gasteiger partial charge in [0.25, 0.3) is 0 Å². The Morgan fingerprint density at radius 3 is 2.11 bits per heavy atom. The molecule has 3 rings (SSSR count). The predicted octanol–water partition coefficient (Wildman–Crippen LogP) is 3.05. The quantitative estimate of drug-likeness (QED) is 0.857. The summed E-state index contributed by atoms with van der Waals surface area (Å²) in [5.74, 6) is -0.222. The second-order valence-corrected chi connectivity index (χ2v) is 7.11. The van der Waals surface area contributed by atoms with Crippen LogP contribution in [0.2, 0.25) is 0 Å². The molecule has 1 aliphatic carbocycles. The van der Waals surface area contributed by atoms with Gasteiger partial charge in [-0.1, -0.05) is 49.2 Å². The number of nitriles is 2. The molecule has 2 aromatic carbocycles. The number of amides is 1.